The molecule has 11 nitrogen and oxygen atoms in total. The van der Waals surface area contributed by atoms with Gasteiger partial charge in [-0.25, -0.2) is 13.1 Å². The summed E-state index contributed by atoms with van der Waals surface area (Å²) in [5, 5.41) is 21.7. The van der Waals surface area contributed by atoms with Crippen LogP contribution in [0.15, 0.2) is 24.3 Å². The normalized spacial score (nSPS) is 13.1. The van der Waals surface area contributed by atoms with E-state index >= 15 is 0 Å². The summed E-state index contributed by atoms with van der Waals surface area (Å²) in [7, 11) is -3.89. The summed E-state index contributed by atoms with van der Waals surface area (Å²) in [6, 6.07) is 4.91. The van der Waals surface area contributed by atoms with Crippen LogP contribution in [0.5, 0.6) is 0 Å². The van der Waals surface area contributed by atoms with Gasteiger partial charge in [0.1, 0.15) is 17.9 Å². The minimum Gasteiger partial charge on any atom is -0.481 e. The van der Waals surface area contributed by atoms with Crippen LogP contribution in [0.25, 0.3) is 0 Å². The summed E-state index contributed by atoms with van der Waals surface area (Å²) in [5.74, 6) is -2.57. The number of nitrogens with one attached hydrogen (secondary N) is 4. The predicted molar refractivity (Wildman–Crippen MR) is 138 cm³/mol. The lowest BCUT2D eigenvalue weighted by atomic mass is 10.0. The van der Waals surface area contributed by atoms with E-state index in [-0.39, 0.29) is 43.5 Å². The largest absolute Gasteiger partial charge is 0.481 e. The molecule has 12 heteroatoms. The Balaban J connectivity index is 2.87. The van der Waals surface area contributed by atoms with Crippen LogP contribution >= 0.6 is 0 Å². The smallest absolute Gasteiger partial charge is 0.303 e. The molecule has 7 N–H and O–H groups in total. The number of sulfonamides is 1. The second-order valence-corrected chi connectivity index (χ2v) is 11.0. The highest BCUT2D eigenvalue weighted by Gasteiger charge is 2.29. The fourth-order valence-electron chi connectivity index (χ4n) is 3.43. The van der Waals surface area contributed by atoms with Gasteiger partial charge in [-0.2, -0.15) is 0 Å². The topological polar surface area (TPSA) is 192 Å². The molecule has 0 radical (unpaired) electrons. The Hall–Kier alpha value is -2.99. The number of unbranched alkanes of at least 4 members (excludes halogenated alkanes) is 1. The average Bonchev–Trinajstić information content (AvgIpc) is 2.78. The van der Waals surface area contributed by atoms with Gasteiger partial charge >= 0.3 is 5.97 Å². The van der Waals surface area contributed by atoms with Gasteiger partial charge in [0.2, 0.25) is 21.8 Å². The zero-order chi connectivity index (χ0) is 27.3. The van der Waals surface area contributed by atoms with Crippen LogP contribution in [0, 0.1) is 11.3 Å². The molecule has 1 aromatic rings. The minimum absolute atomic E-state index is 0.0108. The van der Waals surface area contributed by atoms with Crippen LogP contribution in [-0.2, 0) is 31.0 Å². The summed E-state index contributed by atoms with van der Waals surface area (Å²) in [5.41, 5.74) is 6.82. The molecule has 0 bridgehead atoms. The third kappa shape index (κ3) is 12.1. The molecule has 0 aliphatic carbocycles. The molecule has 36 heavy (non-hydrogen) atoms. The minimum atomic E-state index is -3.89. The number of carbonyl (C=O) groups is 3. The van der Waals surface area contributed by atoms with E-state index in [0.29, 0.717) is 18.4 Å². The molecule has 202 valence electrons. The van der Waals surface area contributed by atoms with Crippen LogP contribution in [0.4, 0.5) is 0 Å². The van der Waals surface area contributed by atoms with Crippen molar-refractivity contribution in [2.24, 2.45) is 11.7 Å². The van der Waals surface area contributed by atoms with Crippen LogP contribution in [-0.4, -0.2) is 55.0 Å². The molecule has 2 unspecified atom stereocenters. The van der Waals surface area contributed by atoms with Gasteiger partial charge in [0, 0.05) is 18.5 Å². The van der Waals surface area contributed by atoms with Crippen molar-refractivity contribution in [1.29, 1.82) is 5.41 Å². The third-order valence-electron chi connectivity index (χ3n) is 5.36. The lowest BCUT2D eigenvalue weighted by molar-refractivity contribution is -0.137. The monoisotopic (exact) mass is 525 g/mol. The summed E-state index contributed by atoms with van der Waals surface area (Å²) in [4.78, 5) is 36.6. The molecule has 2 amide bonds. The maximum Gasteiger partial charge on any atom is 0.303 e. The van der Waals surface area contributed by atoms with Crippen molar-refractivity contribution in [1.82, 2.24) is 15.4 Å². The number of carbonyl (C=O) groups excluding carboxylic acids is 2. The van der Waals surface area contributed by atoms with E-state index in [9.17, 15) is 22.8 Å². The number of carboxylic acids is 1. The van der Waals surface area contributed by atoms with E-state index in [1.165, 1.54) is 0 Å². The Kier molecular flexibility index (Phi) is 13.1. The molecule has 0 saturated carbocycles. The molecule has 1 aromatic carbocycles. The second-order valence-electron chi connectivity index (χ2n) is 9.15. The molecule has 0 fully saturated rings. The fraction of sp³-hybridized carbons (Fsp3) is 0.583. The van der Waals surface area contributed by atoms with Gasteiger partial charge in [0.25, 0.3) is 0 Å². The first-order valence-electron chi connectivity index (χ1n) is 12.1. The van der Waals surface area contributed by atoms with Crippen molar-refractivity contribution in [3.8, 4) is 0 Å². The van der Waals surface area contributed by atoms with Gasteiger partial charge in [-0.1, -0.05) is 57.9 Å². The maximum absolute atomic E-state index is 13.0. The molecule has 0 saturated heterocycles. The number of hydrogen-bond acceptors (Lipinski definition) is 6. The number of amides is 2. The van der Waals surface area contributed by atoms with Gasteiger partial charge in [0.15, 0.2) is 0 Å². The Morgan fingerprint density at radius 3 is 2.22 bits per heavy atom. The highest BCUT2D eigenvalue weighted by Crippen LogP contribution is 2.10. The van der Waals surface area contributed by atoms with Gasteiger partial charge in [-0.05, 0) is 30.7 Å². The number of rotatable bonds is 17. The number of nitrogens with two attached hydrogens (primary N) is 1. The zero-order valence-electron chi connectivity index (χ0n) is 21.2. The summed E-state index contributed by atoms with van der Waals surface area (Å²) in [6.07, 6.45) is 1.72. The number of amidine groups is 1. The Morgan fingerprint density at radius 2 is 1.69 bits per heavy atom. The molecular formula is C24H39N5O6S. The van der Waals surface area contributed by atoms with E-state index in [1.54, 1.807) is 24.3 Å². The van der Waals surface area contributed by atoms with Crippen molar-refractivity contribution in [3.05, 3.63) is 35.4 Å². The average molecular weight is 526 g/mol. The predicted octanol–water partition coefficient (Wildman–Crippen LogP) is 1.46. The standard InChI is InChI=1S/C24H39N5O6S/c1-4-5-7-19(23(32)27-15-17-9-11-18(12-10-17)22(25)26)28-24(33)20(14-16(2)3)29-36(34,35)13-6-8-21(30)31/h9-12,16,19-20,29H,4-8,13-15H2,1-3H3,(H3,25,26)(H,27,32)(H,28,33)(H,30,31). The Morgan fingerprint density at radius 1 is 1.06 bits per heavy atom. The first-order chi connectivity index (χ1) is 16.8. The Bertz CT molecular complexity index is 995. The van der Waals surface area contributed by atoms with Crippen molar-refractivity contribution in [2.75, 3.05) is 5.75 Å². The van der Waals surface area contributed by atoms with Crippen molar-refractivity contribution in [3.63, 3.8) is 0 Å². The highest BCUT2D eigenvalue weighted by atomic mass is 32.2. The first-order valence-corrected chi connectivity index (χ1v) is 13.7. The first kappa shape index (κ1) is 31.0. The molecular weight excluding hydrogens is 486 g/mol. The van der Waals surface area contributed by atoms with E-state index in [0.717, 1.165) is 12.0 Å². The van der Waals surface area contributed by atoms with E-state index < -0.39 is 39.7 Å². The van der Waals surface area contributed by atoms with Gasteiger partial charge < -0.3 is 21.5 Å². The number of carboxylic acid groups (broad SMARTS) is 1. The number of aliphatic carboxylic acids is 1. The molecule has 1 rings (SSSR count). The van der Waals surface area contributed by atoms with E-state index in [2.05, 4.69) is 15.4 Å². The highest BCUT2D eigenvalue weighted by molar-refractivity contribution is 7.89. The van der Waals surface area contributed by atoms with Crippen molar-refractivity contribution >= 4 is 33.6 Å². The quantitative estimate of drug-likeness (QED) is 0.131. The van der Waals surface area contributed by atoms with Gasteiger partial charge in [-0.3, -0.25) is 19.8 Å². The molecule has 0 spiro atoms. The van der Waals surface area contributed by atoms with Crippen LogP contribution < -0.4 is 21.1 Å². The maximum atomic E-state index is 13.0. The molecule has 2 atom stereocenters. The van der Waals surface area contributed by atoms with E-state index in [4.69, 9.17) is 16.2 Å². The zero-order valence-corrected chi connectivity index (χ0v) is 22.0. The van der Waals surface area contributed by atoms with Crippen molar-refractivity contribution in [2.45, 2.75) is 77.9 Å². The van der Waals surface area contributed by atoms with Gasteiger partial charge in [0.05, 0.1) is 5.75 Å². The lowest BCUT2D eigenvalue weighted by Gasteiger charge is -2.24. The SMILES string of the molecule is CCCCC(NC(=O)C(CC(C)C)NS(=O)(=O)CCCC(=O)O)C(=O)NCc1ccc(C(=N)N)cc1. The fourth-order valence-corrected chi connectivity index (χ4v) is 4.71. The van der Waals surface area contributed by atoms with Gasteiger partial charge in [-0.15, -0.1) is 0 Å². The number of nitrogen functional groups attached to an aromatic ring is 1. The Labute approximate surface area is 213 Å². The lowest BCUT2D eigenvalue weighted by Crippen LogP contribution is -2.54. The number of benzene rings is 1. The van der Waals surface area contributed by atoms with Crippen LogP contribution in [0.2, 0.25) is 0 Å². The summed E-state index contributed by atoms with van der Waals surface area (Å²) in [6.45, 7) is 5.86. The third-order valence-corrected chi connectivity index (χ3v) is 6.83. The second kappa shape index (κ2) is 15.2. The molecule has 0 aliphatic heterocycles. The summed E-state index contributed by atoms with van der Waals surface area (Å²) < 4.78 is 27.3. The van der Waals surface area contributed by atoms with E-state index in [1.807, 2.05) is 20.8 Å². The van der Waals surface area contributed by atoms with Crippen LogP contribution in [0.1, 0.15) is 70.4 Å². The molecule has 0 aliphatic rings. The molecule has 0 aromatic heterocycles. The van der Waals surface area contributed by atoms with Crippen molar-refractivity contribution < 1.29 is 27.9 Å². The molecule has 0 heterocycles. The van der Waals surface area contributed by atoms with Crippen LogP contribution in [0.3, 0.4) is 0 Å². The number of hydrogen-bond donors (Lipinski definition) is 6. The summed E-state index contributed by atoms with van der Waals surface area (Å²) >= 11 is 0.